The summed E-state index contributed by atoms with van der Waals surface area (Å²) in [5.74, 6) is 0.607. The summed E-state index contributed by atoms with van der Waals surface area (Å²) in [5, 5.41) is 19.3. The van der Waals surface area contributed by atoms with E-state index >= 15 is 0 Å². The number of rotatable bonds is 6. The van der Waals surface area contributed by atoms with Crippen LogP contribution in [0, 0.1) is 26.9 Å². The molecule has 0 aliphatic heterocycles. The monoisotopic (exact) mass is 248 g/mol. The fraction of sp³-hybridized carbons (Fsp3) is 0.462. The molecule has 18 heavy (non-hydrogen) atoms. The number of hydrogen-bond donors (Lipinski definition) is 0. The lowest BCUT2D eigenvalue weighted by atomic mass is 9.90. The number of nitrogens with zero attached hydrogens (tertiary/aromatic N) is 2. The van der Waals surface area contributed by atoms with Crippen molar-refractivity contribution in [2.75, 3.05) is 6.61 Å². The maximum Gasteiger partial charge on any atom is 0.269 e. The number of nitro groups is 1. The normalized spacial score (nSPS) is 10.7. The highest BCUT2D eigenvalue weighted by molar-refractivity contribution is 5.35. The van der Waals surface area contributed by atoms with Crippen LogP contribution in [0.2, 0.25) is 0 Å². The molecule has 96 valence electrons. The first-order valence-corrected chi connectivity index (χ1v) is 5.73. The molecule has 0 heterocycles. The zero-order valence-corrected chi connectivity index (χ0v) is 10.5. The van der Waals surface area contributed by atoms with Gasteiger partial charge in [-0.05, 0) is 38.8 Å². The van der Waals surface area contributed by atoms with Gasteiger partial charge in [-0.3, -0.25) is 10.1 Å². The Hall–Kier alpha value is -2.09. The summed E-state index contributed by atoms with van der Waals surface area (Å²) >= 11 is 0. The average Bonchev–Trinajstić information content (AvgIpc) is 2.35. The highest BCUT2D eigenvalue weighted by Gasteiger charge is 2.15. The van der Waals surface area contributed by atoms with E-state index in [4.69, 9.17) is 10.00 Å². The summed E-state index contributed by atoms with van der Waals surface area (Å²) in [6.07, 6.45) is 1.54. The quantitative estimate of drug-likeness (QED) is 0.439. The number of nitro benzene ring substituents is 1. The number of benzene rings is 1. The van der Waals surface area contributed by atoms with Gasteiger partial charge in [-0.25, -0.2) is 0 Å². The van der Waals surface area contributed by atoms with Gasteiger partial charge in [-0.15, -0.1) is 0 Å². The molecule has 0 aliphatic carbocycles. The molecular formula is C13H16N2O3. The van der Waals surface area contributed by atoms with E-state index in [9.17, 15) is 10.1 Å². The second kappa shape index (κ2) is 6.01. The van der Waals surface area contributed by atoms with Gasteiger partial charge in [-0.2, -0.15) is 5.26 Å². The number of hydrogen-bond acceptors (Lipinski definition) is 4. The molecular weight excluding hydrogens is 232 g/mol. The third kappa shape index (κ3) is 4.42. The first-order chi connectivity index (χ1) is 8.44. The largest absolute Gasteiger partial charge is 0.494 e. The van der Waals surface area contributed by atoms with Gasteiger partial charge in [0.1, 0.15) is 5.75 Å². The van der Waals surface area contributed by atoms with E-state index in [1.165, 1.54) is 12.1 Å². The van der Waals surface area contributed by atoms with Gasteiger partial charge in [0.2, 0.25) is 0 Å². The van der Waals surface area contributed by atoms with Crippen LogP contribution in [0.5, 0.6) is 5.75 Å². The van der Waals surface area contributed by atoms with Gasteiger partial charge < -0.3 is 4.74 Å². The van der Waals surface area contributed by atoms with E-state index in [0.29, 0.717) is 12.4 Å². The molecule has 0 N–H and O–H groups in total. The predicted molar refractivity (Wildman–Crippen MR) is 67.2 cm³/mol. The lowest BCUT2D eigenvalue weighted by Gasteiger charge is -2.14. The Labute approximate surface area is 106 Å². The van der Waals surface area contributed by atoms with Crippen LogP contribution in [0.25, 0.3) is 0 Å². The van der Waals surface area contributed by atoms with Crippen molar-refractivity contribution in [1.29, 1.82) is 5.26 Å². The fourth-order valence-electron chi connectivity index (χ4n) is 1.42. The smallest absolute Gasteiger partial charge is 0.269 e. The SMILES string of the molecule is CC(C)(C#N)CCCOc1ccc([N+](=O)[O-])cc1. The number of nitriles is 1. The summed E-state index contributed by atoms with van der Waals surface area (Å²) in [6, 6.07) is 8.21. The third-order valence-electron chi connectivity index (χ3n) is 2.57. The molecule has 0 saturated heterocycles. The summed E-state index contributed by atoms with van der Waals surface area (Å²) in [5.41, 5.74) is -0.285. The van der Waals surface area contributed by atoms with Crippen molar-refractivity contribution >= 4 is 5.69 Å². The van der Waals surface area contributed by atoms with E-state index in [0.717, 1.165) is 12.8 Å². The highest BCUT2D eigenvalue weighted by Crippen LogP contribution is 2.21. The van der Waals surface area contributed by atoms with Gasteiger partial charge in [0.15, 0.2) is 0 Å². The van der Waals surface area contributed by atoms with Crippen LogP contribution in [-0.4, -0.2) is 11.5 Å². The molecule has 0 bridgehead atoms. The zero-order chi connectivity index (χ0) is 13.6. The lowest BCUT2D eigenvalue weighted by molar-refractivity contribution is -0.384. The topological polar surface area (TPSA) is 76.2 Å². The first kappa shape index (κ1) is 14.0. The first-order valence-electron chi connectivity index (χ1n) is 5.73. The highest BCUT2D eigenvalue weighted by atomic mass is 16.6. The van der Waals surface area contributed by atoms with Crippen molar-refractivity contribution in [3.8, 4) is 11.8 Å². The standard InChI is InChI=1S/C13H16N2O3/c1-13(2,10-14)8-3-9-18-12-6-4-11(5-7-12)15(16)17/h4-7H,3,8-9H2,1-2H3. The molecule has 0 spiro atoms. The Morgan fingerprint density at radius 1 is 1.39 bits per heavy atom. The Bertz CT molecular complexity index is 446. The van der Waals surface area contributed by atoms with Crippen molar-refractivity contribution in [3.63, 3.8) is 0 Å². The molecule has 1 aromatic carbocycles. The molecule has 0 radical (unpaired) electrons. The summed E-state index contributed by atoms with van der Waals surface area (Å²) in [6.45, 7) is 4.28. The van der Waals surface area contributed by atoms with E-state index in [1.54, 1.807) is 12.1 Å². The van der Waals surface area contributed by atoms with Crippen molar-refractivity contribution < 1.29 is 9.66 Å². The van der Waals surface area contributed by atoms with Gasteiger partial charge in [-0.1, -0.05) is 0 Å². The van der Waals surface area contributed by atoms with Gasteiger partial charge >= 0.3 is 0 Å². The molecule has 5 nitrogen and oxygen atoms in total. The van der Waals surface area contributed by atoms with E-state index in [1.807, 2.05) is 13.8 Å². The number of ether oxygens (including phenoxy) is 1. The molecule has 0 fully saturated rings. The molecule has 0 amide bonds. The maximum absolute atomic E-state index is 10.5. The summed E-state index contributed by atoms with van der Waals surface area (Å²) in [4.78, 5) is 10.0. The molecule has 0 saturated carbocycles. The minimum absolute atomic E-state index is 0.0490. The van der Waals surface area contributed by atoms with Crippen molar-refractivity contribution in [2.24, 2.45) is 5.41 Å². The molecule has 0 aliphatic rings. The second-order valence-electron chi connectivity index (χ2n) is 4.70. The Morgan fingerprint density at radius 2 is 2.00 bits per heavy atom. The maximum atomic E-state index is 10.5. The zero-order valence-electron chi connectivity index (χ0n) is 10.5. The van der Waals surface area contributed by atoms with E-state index < -0.39 is 4.92 Å². The molecule has 5 heteroatoms. The van der Waals surface area contributed by atoms with Crippen LogP contribution in [0.3, 0.4) is 0 Å². The Balaban J connectivity index is 2.37. The predicted octanol–water partition coefficient (Wildman–Crippen LogP) is 3.30. The van der Waals surface area contributed by atoms with Crippen molar-refractivity contribution in [1.82, 2.24) is 0 Å². The Kier molecular flexibility index (Phi) is 4.67. The fourth-order valence-corrected chi connectivity index (χ4v) is 1.42. The van der Waals surface area contributed by atoms with Crippen LogP contribution in [0.15, 0.2) is 24.3 Å². The lowest BCUT2D eigenvalue weighted by Crippen LogP contribution is -2.10. The van der Waals surface area contributed by atoms with E-state index in [2.05, 4.69) is 6.07 Å². The number of non-ortho nitro benzene ring substituents is 1. The molecule has 1 rings (SSSR count). The average molecular weight is 248 g/mol. The van der Waals surface area contributed by atoms with E-state index in [-0.39, 0.29) is 11.1 Å². The van der Waals surface area contributed by atoms with Gasteiger partial charge in [0.05, 0.1) is 23.0 Å². The van der Waals surface area contributed by atoms with Crippen LogP contribution in [-0.2, 0) is 0 Å². The molecule has 0 aromatic heterocycles. The third-order valence-corrected chi connectivity index (χ3v) is 2.57. The van der Waals surface area contributed by atoms with Crippen LogP contribution in [0.1, 0.15) is 26.7 Å². The molecule has 1 aromatic rings. The molecule has 0 atom stereocenters. The summed E-state index contributed by atoms with van der Waals surface area (Å²) < 4.78 is 5.45. The van der Waals surface area contributed by atoms with Gasteiger partial charge in [0.25, 0.3) is 5.69 Å². The van der Waals surface area contributed by atoms with Crippen molar-refractivity contribution in [2.45, 2.75) is 26.7 Å². The van der Waals surface area contributed by atoms with Crippen molar-refractivity contribution in [3.05, 3.63) is 34.4 Å². The summed E-state index contributed by atoms with van der Waals surface area (Å²) in [7, 11) is 0. The minimum Gasteiger partial charge on any atom is -0.494 e. The molecule has 0 unspecified atom stereocenters. The van der Waals surface area contributed by atoms with Crippen LogP contribution in [0.4, 0.5) is 5.69 Å². The van der Waals surface area contributed by atoms with Crippen LogP contribution >= 0.6 is 0 Å². The van der Waals surface area contributed by atoms with Gasteiger partial charge in [0, 0.05) is 12.1 Å². The minimum atomic E-state index is -0.445. The Morgan fingerprint density at radius 3 is 2.50 bits per heavy atom. The second-order valence-corrected chi connectivity index (χ2v) is 4.70. The van der Waals surface area contributed by atoms with Crippen LogP contribution < -0.4 is 4.74 Å².